The Morgan fingerprint density at radius 2 is 2.35 bits per heavy atom. The molecule has 1 aliphatic rings. The first-order valence-corrected chi connectivity index (χ1v) is 6.34. The molecular formula is C13H17ClFNO. The van der Waals surface area contributed by atoms with Gasteiger partial charge < -0.3 is 10.5 Å². The van der Waals surface area contributed by atoms with Crippen molar-refractivity contribution in [1.82, 2.24) is 0 Å². The highest BCUT2D eigenvalue weighted by atomic mass is 35.5. The molecule has 1 aliphatic heterocycles. The third-order valence-electron chi connectivity index (χ3n) is 3.07. The summed E-state index contributed by atoms with van der Waals surface area (Å²) in [5.41, 5.74) is 6.92. The predicted molar refractivity (Wildman–Crippen MR) is 66.7 cm³/mol. The van der Waals surface area contributed by atoms with Crippen molar-refractivity contribution in [1.29, 1.82) is 0 Å². The van der Waals surface area contributed by atoms with Crippen LogP contribution in [-0.2, 0) is 11.2 Å². The van der Waals surface area contributed by atoms with Crippen molar-refractivity contribution in [3.8, 4) is 0 Å². The van der Waals surface area contributed by atoms with Gasteiger partial charge in [-0.05, 0) is 43.4 Å². The molecule has 0 amide bonds. The van der Waals surface area contributed by atoms with Gasteiger partial charge in [0.05, 0.1) is 11.1 Å². The molecule has 0 bridgehead atoms. The molecule has 0 aliphatic carbocycles. The minimum absolute atomic E-state index is 0.0127. The summed E-state index contributed by atoms with van der Waals surface area (Å²) in [6.07, 6.45) is 3.98. The van der Waals surface area contributed by atoms with Crippen molar-refractivity contribution >= 4 is 11.6 Å². The Bertz CT molecular complexity index is 380. The van der Waals surface area contributed by atoms with Gasteiger partial charge in [0.2, 0.25) is 0 Å². The molecular weight excluding hydrogens is 241 g/mol. The Kier molecular flexibility index (Phi) is 4.37. The van der Waals surface area contributed by atoms with Crippen LogP contribution < -0.4 is 5.73 Å². The van der Waals surface area contributed by atoms with E-state index in [2.05, 4.69) is 0 Å². The van der Waals surface area contributed by atoms with E-state index in [1.54, 1.807) is 6.07 Å². The van der Waals surface area contributed by atoms with Crippen molar-refractivity contribution in [2.24, 2.45) is 5.73 Å². The van der Waals surface area contributed by atoms with E-state index in [1.807, 2.05) is 6.07 Å². The highest BCUT2D eigenvalue weighted by molar-refractivity contribution is 6.30. The lowest BCUT2D eigenvalue weighted by atomic mass is 10.0. The van der Waals surface area contributed by atoms with Gasteiger partial charge in [0.25, 0.3) is 0 Å². The average Bonchev–Trinajstić information content (AvgIpc) is 2.76. The van der Waals surface area contributed by atoms with Crippen molar-refractivity contribution < 1.29 is 9.13 Å². The molecule has 0 spiro atoms. The molecule has 1 fully saturated rings. The zero-order valence-electron chi connectivity index (χ0n) is 9.66. The summed E-state index contributed by atoms with van der Waals surface area (Å²) >= 11 is 5.63. The average molecular weight is 258 g/mol. The first-order chi connectivity index (χ1) is 8.15. The van der Waals surface area contributed by atoms with Crippen molar-refractivity contribution in [3.05, 3.63) is 34.6 Å². The molecule has 1 saturated heterocycles. The summed E-state index contributed by atoms with van der Waals surface area (Å²) in [4.78, 5) is 0. The smallest absolute Gasteiger partial charge is 0.142 e. The van der Waals surface area contributed by atoms with Gasteiger partial charge >= 0.3 is 0 Å². The summed E-state index contributed by atoms with van der Waals surface area (Å²) in [7, 11) is 0. The van der Waals surface area contributed by atoms with Crippen LogP contribution in [0.25, 0.3) is 0 Å². The maximum Gasteiger partial charge on any atom is 0.142 e. The van der Waals surface area contributed by atoms with Gasteiger partial charge in [-0.2, -0.15) is 0 Å². The second-order valence-corrected chi connectivity index (χ2v) is 4.99. The Hall–Kier alpha value is -0.640. The monoisotopic (exact) mass is 257 g/mol. The van der Waals surface area contributed by atoms with E-state index >= 15 is 0 Å². The number of benzene rings is 1. The van der Waals surface area contributed by atoms with Crippen LogP contribution >= 0.6 is 11.6 Å². The number of nitrogens with two attached hydrogens (primary N) is 1. The van der Waals surface area contributed by atoms with Crippen LogP contribution in [0, 0.1) is 5.82 Å². The van der Waals surface area contributed by atoms with Gasteiger partial charge in [-0.1, -0.05) is 17.7 Å². The van der Waals surface area contributed by atoms with Crippen LogP contribution in [0.3, 0.4) is 0 Å². The van der Waals surface area contributed by atoms with Crippen LogP contribution in [0.2, 0.25) is 5.02 Å². The Balaban J connectivity index is 1.88. The van der Waals surface area contributed by atoms with E-state index in [9.17, 15) is 4.39 Å². The molecule has 2 N–H and O–H groups in total. The summed E-state index contributed by atoms with van der Waals surface area (Å²) in [5, 5.41) is 0.154. The summed E-state index contributed by atoms with van der Waals surface area (Å²) in [6, 6.07) is 4.86. The Morgan fingerprint density at radius 3 is 3.00 bits per heavy atom. The molecule has 0 radical (unpaired) electrons. The van der Waals surface area contributed by atoms with Crippen molar-refractivity contribution in [2.75, 3.05) is 6.61 Å². The molecule has 2 unspecified atom stereocenters. The quantitative estimate of drug-likeness (QED) is 0.900. The maximum atomic E-state index is 13.2. The zero-order chi connectivity index (χ0) is 12.3. The van der Waals surface area contributed by atoms with Gasteiger partial charge in [0, 0.05) is 12.6 Å². The van der Waals surface area contributed by atoms with E-state index in [-0.39, 0.29) is 23.0 Å². The summed E-state index contributed by atoms with van der Waals surface area (Å²) in [5.74, 6) is -0.381. The normalized spacial score (nSPS) is 21.7. The molecule has 2 atom stereocenters. The minimum Gasteiger partial charge on any atom is -0.378 e. The molecule has 1 heterocycles. The molecule has 1 aromatic rings. The van der Waals surface area contributed by atoms with Crippen LogP contribution in [-0.4, -0.2) is 18.8 Å². The fourth-order valence-electron chi connectivity index (χ4n) is 2.22. The SMILES string of the molecule is NC(Cc1ccc(Cl)c(F)c1)CC1CCCO1. The number of ether oxygens (including phenoxy) is 1. The van der Waals surface area contributed by atoms with Crippen LogP contribution in [0.1, 0.15) is 24.8 Å². The summed E-state index contributed by atoms with van der Waals surface area (Å²) < 4.78 is 18.8. The maximum absolute atomic E-state index is 13.2. The van der Waals surface area contributed by atoms with Crippen LogP contribution in [0.15, 0.2) is 18.2 Å². The van der Waals surface area contributed by atoms with Crippen molar-refractivity contribution in [2.45, 2.75) is 37.8 Å². The lowest BCUT2D eigenvalue weighted by Crippen LogP contribution is -2.28. The zero-order valence-corrected chi connectivity index (χ0v) is 10.4. The van der Waals surface area contributed by atoms with E-state index in [1.165, 1.54) is 6.07 Å². The van der Waals surface area contributed by atoms with Gasteiger partial charge in [-0.15, -0.1) is 0 Å². The predicted octanol–water partition coefficient (Wildman–Crippen LogP) is 2.92. The second kappa shape index (κ2) is 5.80. The molecule has 4 heteroatoms. The van der Waals surface area contributed by atoms with Gasteiger partial charge in [-0.3, -0.25) is 0 Å². The fraction of sp³-hybridized carbons (Fsp3) is 0.538. The second-order valence-electron chi connectivity index (χ2n) is 4.58. The first-order valence-electron chi connectivity index (χ1n) is 5.96. The highest BCUT2D eigenvalue weighted by Crippen LogP contribution is 2.20. The standard InChI is InChI=1S/C13H17ClFNO/c14-12-4-3-9(7-13(12)15)6-10(16)8-11-2-1-5-17-11/h3-4,7,10-11H,1-2,5-6,8,16H2. The van der Waals surface area contributed by atoms with E-state index < -0.39 is 0 Å². The third kappa shape index (κ3) is 3.66. The highest BCUT2D eigenvalue weighted by Gasteiger charge is 2.19. The van der Waals surface area contributed by atoms with Gasteiger partial charge in [0.1, 0.15) is 5.82 Å². The molecule has 2 rings (SSSR count). The lowest BCUT2D eigenvalue weighted by Gasteiger charge is -2.16. The Morgan fingerprint density at radius 1 is 1.53 bits per heavy atom. The fourth-order valence-corrected chi connectivity index (χ4v) is 2.34. The van der Waals surface area contributed by atoms with E-state index in [0.29, 0.717) is 6.42 Å². The number of hydrogen-bond acceptors (Lipinski definition) is 2. The molecule has 0 aromatic heterocycles. The van der Waals surface area contributed by atoms with Crippen LogP contribution in [0.4, 0.5) is 4.39 Å². The Labute approximate surface area is 106 Å². The topological polar surface area (TPSA) is 35.2 Å². The third-order valence-corrected chi connectivity index (χ3v) is 3.38. The molecule has 17 heavy (non-hydrogen) atoms. The first kappa shape index (κ1) is 12.8. The number of halogens is 2. The minimum atomic E-state index is -0.381. The summed E-state index contributed by atoms with van der Waals surface area (Å²) in [6.45, 7) is 0.840. The van der Waals surface area contributed by atoms with E-state index in [4.69, 9.17) is 22.1 Å². The van der Waals surface area contributed by atoms with Gasteiger partial charge in [-0.25, -0.2) is 4.39 Å². The molecule has 2 nitrogen and oxygen atoms in total. The molecule has 94 valence electrons. The van der Waals surface area contributed by atoms with E-state index in [0.717, 1.165) is 31.4 Å². The molecule has 0 saturated carbocycles. The molecule has 1 aromatic carbocycles. The van der Waals surface area contributed by atoms with Gasteiger partial charge in [0.15, 0.2) is 0 Å². The lowest BCUT2D eigenvalue weighted by molar-refractivity contribution is 0.0983. The van der Waals surface area contributed by atoms with Crippen molar-refractivity contribution in [3.63, 3.8) is 0 Å². The number of hydrogen-bond donors (Lipinski definition) is 1. The largest absolute Gasteiger partial charge is 0.378 e. The van der Waals surface area contributed by atoms with Crippen LogP contribution in [0.5, 0.6) is 0 Å². The number of rotatable bonds is 4.